The fourth-order valence-corrected chi connectivity index (χ4v) is 5.02. The Labute approximate surface area is 194 Å². The zero-order chi connectivity index (χ0) is 22.9. The number of nitrogens with zero attached hydrogens (tertiary/aromatic N) is 2. The van der Waals surface area contributed by atoms with Gasteiger partial charge in [0.2, 0.25) is 0 Å². The molecule has 2 aliphatic rings. The summed E-state index contributed by atoms with van der Waals surface area (Å²) in [6.07, 6.45) is 0.117. The molecule has 4 aromatic rings. The largest absolute Gasteiger partial charge is 0.458 e. The molecule has 2 aromatic heterocycles. The number of cyclic esters (lactones) is 1. The maximum atomic E-state index is 13.3. The molecule has 1 atom stereocenters. The number of fused-ring (bicyclic) bond motifs is 5. The Kier molecular flexibility index (Phi) is 4.28. The number of aromatic nitrogens is 2. The summed E-state index contributed by atoms with van der Waals surface area (Å²) in [5, 5.41) is 12.6. The highest BCUT2D eigenvalue weighted by atomic mass is 35.5. The van der Waals surface area contributed by atoms with Crippen LogP contribution >= 0.6 is 11.6 Å². The van der Waals surface area contributed by atoms with Gasteiger partial charge in [-0.15, -0.1) is 0 Å². The van der Waals surface area contributed by atoms with Gasteiger partial charge in [0.05, 0.1) is 29.0 Å². The van der Waals surface area contributed by atoms with Crippen molar-refractivity contribution in [2.45, 2.75) is 32.1 Å². The number of esters is 1. The second kappa shape index (κ2) is 7.01. The van der Waals surface area contributed by atoms with Crippen LogP contribution in [0.25, 0.3) is 33.4 Å². The van der Waals surface area contributed by atoms with Crippen molar-refractivity contribution in [1.82, 2.24) is 9.55 Å². The van der Waals surface area contributed by atoms with E-state index in [-0.39, 0.29) is 18.6 Å². The van der Waals surface area contributed by atoms with E-state index in [1.165, 1.54) is 0 Å². The van der Waals surface area contributed by atoms with Crippen LogP contribution in [0.3, 0.4) is 0 Å². The minimum atomic E-state index is -1.83. The van der Waals surface area contributed by atoms with Crippen molar-refractivity contribution in [3.05, 3.63) is 86.7 Å². The SMILES string of the molecule is CC[C@@]1(O)C(=O)OCc2c1cc1n(c2=O)Cc2cc3cc(-c4cccc(Cl)c4)ccc3nc2-1. The fourth-order valence-electron chi connectivity index (χ4n) is 4.83. The molecule has 1 N–H and O–H groups in total. The molecule has 4 heterocycles. The van der Waals surface area contributed by atoms with Crippen molar-refractivity contribution in [3.63, 3.8) is 0 Å². The molecule has 2 aliphatic heterocycles. The molecule has 0 fully saturated rings. The van der Waals surface area contributed by atoms with Crippen molar-refractivity contribution in [2.75, 3.05) is 0 Å². The molecule has 164 valence electrons. The summed E-state index contributed by atoms with van der Waals surface area (Å²) in [6.45, 7) is 1.93. The summed E-state index contributed by atoms with van der Waals surface area (Å²) in [4.78, 5) is 30.4. The zero-order valence-corrected chi connectivity index (χ0v) is 18.5. The van der Waals surface area contributed by atoms with Gasteiger partial charge in [-0.1, -0.05) is 36.7 Å². The lowest BCUT2D eigenvalue weighted by Crippen LogP contribution is -2.44. The van der Waals surface area contributed by atoms with Gasteiger partial charge in [-0.3, -0.25) is 4.79 Å². The van der Waals surface area contributed by atoms with Gasteiger partial charge >= 0.3 is 5.97 Å². The third kappa shape index (κ3) is 2.88. The van der Waals surface area contributed by atoms with E-state index in [0.29, 0.717) is 34.1 Å². The molecule has 33 heavy (non-hydrogen) atoms. The molecule has 0 amide bonds. The molecule has 0 bridgehead atoms. The zero-order valence-electron chi connectivity index (χ0n) is 17.8. The molecule has 0 radical (unpaired) electrons. The molecule has 0 saturated heterocycles. The molecule has 0 unspecified atom stereocenters. The van der Waals surface area contributed by atoms with E-state index in [0.717, 1.165) is 27.6 Å². The lowest BCUT2D eigenvalue weighted by atomic mass is 9.86. The van der Waals surface area contributed by atoms with Crippen LogP contribution < -0.4 is 5.56 Å². The van der Waals surface area contributed by atoms with E-state index in [1.54, 1.807) is 17.6 Å². The number of carbonyl (C=O) groups excluding carboxylic acids is 1. The first-order chi connectivity index (χ1) is 15.9. The quantitative estimate of drug-likeness (QED) is 0.396. The minimum absolute atomic E-state index is 0.117. The van der Waals surface area contributed by atoms with Gasteiger partial charge in [0.1, 0.15) is 6.61 Å². The van der Waals surface area contributed by atoms with Crippen LogP contribution in [0.2, 0.25) is 5.02 Å². The fraction of sp³-hybridized carbons (Fsp3) is 0.192. The number of aliphatic hydroxyl groups is 1. The third-order valence-electron chi connectivity index (χ3n) is 6.67. The number of pyridine rings is 2. The van der Waals surface area contributed by atoms with Gasteiger partial charge in [0, 0.05) is 21.5 Å². The molecule has 0 spiro atoms. The Bertz CT molecular complexity index is 1560. The van der Waals surface area contributed by atoms with Crippen LogP contribution in [0.5, 0.6) is 0 Å². The van der Waals surface area contributed by atoms with Gasteiger partial charge in [-0.05, 0) is 53.9 Å². The van der Waals surface area contributed by atoms with Crippen LogP contribution in [-0.2, 0) is 28.3 Å². The van der Waals surface area contributed by atoms with E-state index in [9.17, 15) is 14.7 Å². The van der Waals surface area contributed by atoms with Crippen LogP contribution in [-0.4, -0.2) is 20.6 Å². The van der Waals surface area contributed by atoms with E-state index in [2.05, 4.69) is 6.07 Å². The second-order valence-electron chi connectivity index (χ2n) is 8.52. The molecular formula is C26H19ClN2O4. The van der Waals surface area contributed by atoms with Crippen molar-refractivity contribution < 1.29 is 14.6 Å². The van der Waals surface area contributed by atoms with Crippen molar-refractivity contribution in [1.29, 1.82) is 0 Å². The maximum Gasteiger partial charge on any atom is 0.343 e. The third-order valence-corrected chi connectivity index (χ3v) is 6.90. The second-order valence-corrected chi connectivity index (χ2v) is 8.95. The molecule has 7 heteroatoms. The average Bonchev–Trinajstić information content (AvgIpc) is 3.18. The number of hydrogen-bond acceptors (Lipinski definition) is 5. The highest BCUT2D eigenvalue weighted by Crippen LogP contribution is 2.39. The summed E-state index contributed by atoms with van der Waals surface area (Å²) in [5.74, 6) is -0.722. The van der Waals surface area contributed by atoms with Crippen LogP contribution in [0, 0.1) is 0 Å². The number of hydrogen-bond donors (Lipinski definition) is 1. The molecule has 0 aliphatic carbocycles. The predicted octanol–water partition coefficient (Wildman–Crippen LogP) is 4.40. The number of rotatable bonds is 2. The molecule has 6 nitrogen and oxygen atoms in total. The number of ether oxygens (including phenoxy) is 1. The summed E-state index contributed by atoms with van der Waals surface area (Å²) >= 11 is 6.16. The first kappa shape index (κ1) is 20.1. The molecular weight excluding hydrogens is 440 g/mol. The smallest absolute Gasteiger partial charge is 0.343 e. The lowest BCUT2D eigenvalue weighted by molar-refractivity contribution is -0.172. The Balaban J connectivity index is 1.52. The van der Waals surface area contributed by atoms with E-state index < -0.39 is 11.6 Å². The van der Waals surface area contributed by atoms with Gasteiger partial charge < -0.3 is 14.4 Å². The topological polar surface area (TPSA) is 81.4 Å². The van der Waals surface area contributed by atoms with Crippen molar-refractivity contribution in [2.24, 2.45) is 0 Å². The van der Waals surface area contributed by atoms with Gasteiger partial charge in [0.15, 0.2) is 5.60 Å². The van der Waals surface area contributed by atoms with Gasteiger partial charge in [-0.2, -0.15) is 0 Å². The maximum absolute atomic E-state index is 13.3. The lowest BCUT2D eigenvalue weighted by Gasteiger charge is -2.31. The molecule has 6 rings (SSSR count). The average molecular weight is 459 g/mol. The highest BCUT2D eigenvalue weighted by molar-refractivity contribution is 6.30. The Hall–Kier alpha value is -3.48. The van der Waals surface area contributed by atoms with Crippen LogP contribution in [0.1, 0.15) is 30.0 Å². The van der Waals surface area contributed by atoms with E-state index >= 15 is 0 Å². The highest BCUT2D eigenvalue weighted by Gasteiger charge is 2.45. The summed E-state index contributed by atoms with van der Waals surface area (Å²) in [5.41, 5.74) is 3.61. The predicted molar refractivity (Wildman–Crippen MR) is 125 cm³/mol. The minimum Gasteiger partial charge on any atom is -0.458 e. The van der Waals surface area contributed by atoms with E-state index in [1.807, 2.05) is 42.5 Å². The Morgan fingerprint density at radius 2 is 1.94 bits per heavy atom. The normalized spacial score (nSPS) is 18.6. The van der Waals surface area contributed by atoms with Gasteiger partial charge in [-0.25, -0.2) is 9.78 Å². The van der Waals surface area contributed by atoms with Crippen LogP contribution in [0.15, 0.2) is 59.4 Å². The summed E-state index contributed by atoms with van der Waals surface area (Å²) in [7, 11) is 0. The first-order valence-corrected chi connectivity index (χ1v) is 11.1. The summed E-state index contributed by atoms with van der Waals surface area (Å²) in [6, 6.07) is 17.5. The van der Waals surface area contributed by atoms with E-state index in [4.69, 9.17) is 21.3 Å². The molecule has 2 aromatic carbocycles. The number of benzene rings is 2. The Morgan fingerprint density at radius 1 is 1.12 bits per heavy atom. The Morgan fingerprint density at radius 3 is 2.73 bits per heavy atom. The number of halogens is 1. The molecule has 0 saturated carbocycles. The summed E-state index contributed by atoms with van der Waals surface area (Å²) < 4.78 is 6.77. The standard InChI is InChI=1S/C26H19ClN2O4/c1-2-26(32)20-11-22-23-17(12-29(22)24(30)19(20)13-33-25(26)31)9-16-8-15(6-7-21(16)28-23)14-4-3-5-18(27)10-14/h3-11,32H,2,12-13H2,1H3/t26-/m0/s1. The van der Waals surface area contributed by atoms with Crippen LogP contribution in [0.4, 0.5) is 0 Å². The van der Waals surface area contributed by atoms with Crippen molar-refractivity contribution >= 4 is 28.5 Å². The first-order valence-electron chi connectivity index (χ1n) is 10.8. The van der Waals surface area contributed by atoms with Gasteiger partial charge in [0.25, 0.3) is 5.56 Å². The monoisotopic (exact) mass is 458 g/mol. The van der Waals surface area contributed by atoms with Crippen molar-refractivity contribution in [3.8, 4) is 22.5 Å². The number of carbonyl (C=O) groups is 1.